The molecule has 2 aliphatic carbocycles. The molecule has 3 fully saturated rings. The number of fused-ring (bicyclic) bond motifs is 1. The molecule has 3 unspecified atom stereocenters. The molecule has 3 atom stereocenters. The Morgan fingerprint density at radius 1 is 1.20 bits per heavy atom. The zero-order valence-electron chi connectivity index (χ0n) is 11.9. The predicted octanol–water partition coefficient (Wildman–Crippen LogP) is 1.36. The van der Waals surface area contributed by atoms with Gasteiger partial charge in [-0.2, -0.15) is 0 Å². The van der Waals surface area contributed by atoms with E-state index >= 15 is 0 Å². The van der Waals surface area contributed by atoms with Gasteiger partial charge >= 0.3 is 5.97 Å². The Kier molecular flexibility index (Phi) is 3.48. The molecule has 1 amide bonds. The van der Waals surface area contributed by atoms with Crippen LogP contribution in [-0.2, 0) is 9.59 Å². The highest BCUT2D eigenvalue weighted by Gasteiger charge is 2.54. The summed E-state index contributed by atoms with van der Waals surface area (Å²) in [6, 6.07) is -0.485. The molecule has 20 heavy (non-hydrogen) atoms. The fourth-order valence-corrected chi connectivity index (χ4v) is 4.36. The minimum absolute atomic E-state index is 0.0213. The Hall–Kier alpha value is -1.10. The number of carbonyl (C=O) groups excluding carboxylic acids is 1. The summed E-state index contributed by atoms with van der Waals surface area (Å²) in [6.07, 6.45) is 7.60. The first-order valence-electron chi connectivity index (χ1n) is 7.85. The number of aliphatic carboxylic acids is 1. The summed E-state index contributed by atoms with van der Waals surface area (Å²) >= 11 is 0. The molecule has 0 bridgehead atoms. The number of carboxylic acids is 1. The largest absolute Gasteiger partial charge is 0.480 e. The Bertz CT molecular complexity index is 414. The fourth-order valence-electron chi connectivity index (χ4n) is 4.36. The molecule has 2 saturated carbocycles. The minimum Gasteiger partial charge on any atom is -0.480 e. The van der Waals surface area contributed by atoms with Gasteiger partial charge in [-0.15, -0.1) is 0 Å². The van der Waals surface area contributed by atoms with E-state index in [1.54, 1.807) is 4.90 Å². The summed E-state index contributed by atoms with van der Waals surface area (Å²) in [7, 11) is 0. The van der Waals surface area contributed by atoms with Crippen LogP contribution in [0, 0.1) is 11.3 Å². The van der Waals surface area contributed by atoms with E-state index in [1.807, 2.05) is 0 Å². The lowest BCUT2D eigenvalue weighted by molar-refractivity contribution is -0.158. The van der Waals surface area contributed by atoms with Crippen LogP contribution in [-0.4, -0.2) is 40.5 Å². The van der Waals surface area contributed by atoms with Gasteiger partial charge in [0.1, 0.15) is 6.04 Å². The van der Waals surface area contributed by atoms with E-state index in [1.165, 1.54) is 0 Å². The lowest BCUT2D eigenvalue weighted by Crippen LogP contribution is -2.57. The van der Waals surface area contributed by atoms with Gasteiger partial charge in [-0.05, 0) is 38.0 Å². The molecule has 0 aromatic rings. The van der Waals surface area contributed by atoms with E-state index in [-0.39, 0.29) is 11.9 Å². The molecular weight excluding hydrogens is 256 g/mol. The fraction of sp³-hybridized carbons (Fsp3) is 0.867. The number of amides is 1. The SMILES string of the molecule is NCC1(C(=O)N2C(C(=O)O)CC3CCCCC32)CCC1. The van der Waals surface area contributed by atoms with Crippen molar-refractivity contribution in [1.82, 2.24) is 4.90 Å². The van der Waals surface area contributed by atoms with Crippen molar-refractivity contribution in [2.45, 2.75) is 63.5 Å². The molecule has 0 spiro atoms. The van der Waals surface area contributed by atoms with E-state index in [2.05, 4.69) is 0 Å². The number of carbonyl (C=O) groups is 2. The summed E-state index contributed by atoms with van der Waals surface area (Å²) < 4.78 is 0. The van der Waals surface area contributed by atoms with Crippen LogP contribution in [0.15, 0.2) is 0 Å². The van der Waals surface area contributed by atoms with Crippen molar-refractivity contribution in [2.24, 2.45) is 17.1 Å². The summed E-state index contributed by atoms with van der Waals surface area (Å²) in [5.41, 5.74) is 5.37. The zero-order chi connectivity index (χ0) is 14.3. The van der Waals surface area contributed by atoms with Gasteiger partial charge in [0.15, 0.2) is 0 Å². The lowest BCUT2D eigenvalue weighted by Gasteiger charge is -2.45. The van der Waals surface area contributed by atoms with E-state index in [4.69, 9.17) is 5.73 Å². The van der Waals surface area contributed by atoms with Gasteiger partial charge in [-0.1, -0.05) is 19.3 Å². The van der Waals surface area contributed by atoms with Crippen LogP contribution in [0.4, 0.5) is 0 Å². The van der Waals surface area contributed by atoms with Crippen molar-refractivity contribution in [2.75, 3.05) is 6.54 Å². The molecule has 3 rings (SSSR count). The molecular formula is C15H24N2O3. The maximum absolute atomic E-state index is 12.9. The molecule has 1 heterocycles. The Morgan fingerprint density at radius 2 is 1.90 bits per heavy atom. The highest BCUT2D eigenvalue weighted by molar-refractivity contribution is 5.89. The summed E-state index contributed by atoms with van der Waals surface area (Å²) in [5.74, 6) is -0.448. The normalized spacial score (nSPS) is 35.2. The number of rotatable bonds is 3. The molecule has 1 saturated heterocycles. The molecule has 0 aromatic carbocycles. The van der Waals surface area contributed by atoms with Gasteiger partial charge in [-0.25, -0.2) is 4.79 Å². The first-order chi connectivity index (χ1) is 9.59. The lowest BCUT2D eigenvalue weighted by atomic mass is 9.67. The number of nitrogens with two attached hydrogens (primary N) is 1. The second kappa shape index (κ2) is 5.02. The monoisotopic (exact) mass is 280 g/mol. The van der Waals surface area contributed by atoms with Crippen LogP contribution >= 0.6 is 0 Å². The third-order valence-electron chi connectivity index (χ3n) is 5.76. The number of carboxylic acid groups (broad SMARTS) is 1. The van der Waals surface area contributed by atoms with Crippen LogP contribution in [0.2, 0.25) is 0 Å². The minimum atomic E-state index is -0.848. The Morgan fingerprint density at radius 3 is 2.45 bits per heavy atom. The second-order valence-corrected chi connectivity index (χ2v) is 6.75. The number of hydrogen-bond donors (Lipinski definition) is 2. The number of hydrogen-bond acceptors (Lipinski definition) is 3. The van der Waals surface area contributed by atoms with E-state index in [0.29, 0.717) is 18.9 Å². The van der Waals surface area contributed by atoms with Gasteiger partial charge in [0, 0.05) is 12.6 Å². The molecule has 5 heteroatoms. The van der Waals surface area contributed by atoms with Crippen LogP contribution in [0.1, 0.15) is 51.4 Å². The van der Waals surface area contributed by atoms with Crippen LogP contribution in [0.3, 0.4) is 0 Å². The van der Waals surface area contributed by atoms with Crippen molar-refractivity contribution in [3.8, 4) is 0 Å². The smallest absolute Gasteiger partial charge is 0.326 e. The van der Waals surface area contributed by atoms with Crippen LogP contribution < -0.4 is 5.73 Å². The molecule has 0 aromatic heterocycles. The topological polar surface area (TPSA) is 83.6 Å². The highest BCUT2D eigenvalue weighted by atomic mass is 16.4. The average Bonchev–Trinajstić information content (AvgIpc) is 2.77. The molecule has 3 aliphatic rings. The van der Waals surface area contributed by atoms with Crippen molar-refractivity contribution in [1.29, 1.82) is 0 Å². The van der Waals surface area contributed by atoms with Crippen molar-refractivity contribution < 1.29 is 14.7 Å². The van der Waals surface area contributed by atoms with Crippen LogP contribution in [0.25, 0.3) is 0 Å². The van der Waals surface area contributed by atoms with Crippen molar-refractivity contribution in [3.05, 3.63) is 0 Å². The Balaban J connectivity index is 1.87. The van der Waals surface area contributed by atoms with Gasteiger partial charge in [-0.3, -0.25) is 4.79 Å². The van der Waals surface area contributed by atoms with E-state index in [9.17, 15) is 14.7 Å². The summed E-state index contributed by atoms with van der Waals surface area (Å²) in [5, 5.41) is 9.48. The number of nitrogens with zero attached hydrogens (tertiary/aromatic N) is 1. The van der Waals surface area contributed by atoms with Gasteiger partial charge < -0.3 is 15.7 Å². The molecule has 5 nitrogen and oxygen atoms in total. The average molecular weight is 280 g/mol. The molecule has 3 N–H and O–H groups in total. The third-order valence-corrected chi connectivity index (χ3v) is 5.76. The summed E-state index contributed by atoms with van der Waals surface area (Å²) in [4.78, 5) is 26.2. The third kappa shape index (κ3) is 1.94. The van der Waals surface area contributed by atoms with Gasteiger partial charge in [0.25, 0.3) is 0 Å². The first kappa shape index (κ1) is 13.9. The zero-order valence-corrected chi connectivity index (χ0v) is 11.9. The summed E-state index contributed by atoms with van der Waals surface area (Å²) in [6.45, 7) is 0.353. The standard InChI is InChI=1S/C15H24N2O3/c16-9-15(6-3-7-15)14(20)17-11-5-2-1-4-10(11)8-12(17)13(18)19/h10-12H,1-9,16H2,(H,18,19). The van der Waals surface area contributed by atoms with Crippen molar-refractivity contribution >= 4 is 11.9 Å². The quantitative estimate of drug-likeness (QED) is 0.817. The van der Waals surface area contributed by atoms with Gasteiger partial charge in [0.05, 0.1) is 5.41 Å². The van der Waals surface area contributed by atoms with Gasteiger partial charge in [0.2, 0.25) is 5.91 Å². The second-order valence-electron chi connectivity index (χ2n) is 6.75. The first-order valence-corrected chi connectivity index (χ1v) is 7.85. The maximum atomic E-state index is 12.9. The van der Waals surface area contributed by atoms with Crippen LogP contribution in [0.5, 0.6) is 0 Å². The number of likely N-dealkylation sites (tertiary alicyclic amines) is 1. The molecule has 112 valence electrons. The molecule has 1 aliphatic heterocycles. The van der Waals surface area contributed by atoms with E-state index in [0.717, 1.165) is 44.9 Å². The van der Waals surface area contributed by atoms with E-state index < -0.39 is 17.4 Å². The van der Waals surface area contributed by atoms with Crippen molar-refractivity contribution in [3.63, 3.8) is 0 Å². The highest BCUT2D eigenvalue weighted by Crippen LogP contribution is 2.47. The predicted molar refractivity (Wildman–Crippen MR) is 74.0 cm³/mol. The molecule has 0 radical (unpaired) electrons. The maximum Gasteiger partial charge on any atom is 0.326 e. The Labute approximate surface area is 119 Å².